The number of nitrogens with zero attached hydrogens (tertiary/aromatic N) is 1. The van der Waals surface area contributed by atoms with Crippen LogP contribution >= 0.6 is 0 Å². The van der Waals surface area contributed by atoms with E-state index in [0.29, 0.717) is 12.3 Å². The third kappa shape index (κ3) is 5.89. The van der Waals surface area contributed by atoms with Gasteiger partial charge in [-0.25, -0.2) is 5.43 Å². The number of amides is 1. The molecule has 1 amide bonds. The number of nitrogens with one attached hydrogen (secondary N) is 1. The molecule has 1 aliphatic rings. The quantitative estimate of drug-likeness (QED) is 0.735. The van der Waals surface area contributed by atoms with Crippen molar-refractivity contribution in [2.45, 2.75) is 65.2 Å². The summed E-state index contributed by atoms with van der Waals surface area (Å²) in [5.74, 6) is 0.446. The first-order chi connectivity index (χ1) is 7.68. The van der Waals surface area contributed by atoms with Crippen molar-refractivity contribution >= 4 is 11.6 Å². The highest BCUT2D eigenvalue weighted by atomic mass is 16.2. The summed E-state index contributed by atoms with van der Waals surface area (Å²) >= 11 is 0. The van der Waals surface area contributed by atoms with Crippen LogP contribution in [0.2, 0.25) is 0 Å². The van der Waals surface area contributed by atoms with E-state index in [1.807, 2.05) is 13.8 Å². The average molecular weight is 224 g/mol. The topological polar surface area (TPSA) is 41.5 Å². The Hall–Kier alpha value is -0.860. The van der Waals surface area contributed by atoms with Gasteiger partial charge in [-0.15, -0.1) is 0 Å². The van der Waals surface area contributed by atoms with Crippen molar-refractivity contribution in [3.05, 3.63) is 0 Å². The molecule has 92 valence electrons. The standard InChI is InChI=1S/C13H24N2O/c1-11(2)10-13(16)15-14-12-8-6-4-3-5-7-9-12/h11H,3-10H2,1-2H3,(H,15,16). The predicted molar refractivity (Wildman–Crippen MR) is 67.4 cm³/mol. The second-order valence-corrected chi connectivity index (χ2v) is 5.08. The molecule has 1 N–H and O–H groups in total. The Labute approximate surface area is 98.7 Å². The number of hydrazone groups is 1. The maximum atomic E-state index is 11.4. The van der Waals surface area contributed by atoms with Crippen LogP contribution in [0.5, 0.6) is 0 Å². The van der Waals surface area contributed by atoms with Gasteiger partial charge in [0, 0.05) is 12.1 Å². The van der Waals surface area contributed by atoms with Crippen molar-refractivity contribution in [3.8, 4) is 0 Å². The van der Waals surface area contributed by atoms with Crippen molar-refractivity contribution in [1.82, 2.24) is 5.43 Å². The number of carbonyl (C=O) groups excluding carboxylic acids is 1. The van der Waals surface area contributed by atoms with Crippen LogP contribution in [0.15, 0.2) is 5.10 Å². The third-order valence-electron chi connectivity index (χ3n) is 2.86. The fraction of sp³-hybridized carbons (Fsp3) is 0.846. The van der Waals surface area contributed by atoms with Crippen molar-refractivity contribution < 1.29 is 4.79 Å². The lowest BCUT2D eigenvalue weighted by Crippen LogP contribution is -2.21. The zero-order valence-electron chi connectivity index (χ0n) is 10.6. The molecule has 0 aromatic heterocycles. The van der Waals surface area contributed by atoms with Gasteiger partial charge < -0.3 is 0 Å². The lowest BCUT2D eigenvalue weighted by atomic mass is 9.99. The highest BCUT2D eigenvalue weighted by Gasteiger charge is 2.07. The summed E-state index contributed by atoms with van der Waals surface area (Å²) in [6.07, 6.45) is 9.09. The molecule has 0 bridgehead atoms. The molecule has 1 aliphatic carbocycles. The molecule has 1 fully saturated rings. The van der Waals surface area contributed by atoms with E-state index in [4.69, 9.17) is 0 Å². The van der Waals surface area contributed by atoms with E-state index in [9.17, 15) is 4.79 Å². The summed E-state index contributed by atoms with van der Waals surface area (Å²) in [5, 5.41) is 4.25. The zero-order valence-corrected chi connectivity index (χ0v) is 10.6. The molecule has 3 nitrogen and oxygen atoms in total. The Balaban J connectivity index is 2.32. The maximum absolute atomic E-state index is 11.4. The first-order valence-electron chi connectivity index (χ1n) is 6.52. The van der Waals surface area contributed by atoms with Crippen molar-refractivity contribution in [2.24, 2.45) is 11.0 Å². The molecular formula is C13H24N2O. The number of hydrogen-bond acceptors (Lipinski definition) is 2. The van der Waals surface area contributed by atoms with Gasteiger partial charge in [0.15, 0.2) is 0 Å². The van der Waals surface area contributed by atoms with Crippen molar-refractivity contribution in [3.63, 3.8) is 0 Å². The lowest BCUT2D eigenvalue weighted by molar-refractivity contribution is -0.121. The van der Waals surface area contributed by atoms with Gasteiger partial charge in [0.25, 0.3) is 0 Å². The minimum atomic E-state index is 0.0459. The predicted octanol–water partition coefficient (Wildman–Crippen LogP) is 3.25. The molecule has 0 saturated heterocycles. The van der Waals surface area contributed by atoms with Crippen LogP contribution in [0.4, 0.5) is 0 Å². The van der Waals surface area contributed by atoms with Crippen LogP contribution in [0.25, 0.3) is 0 Å². The van der Waals surface area contributed by atoms with Gasteiger partial charge in [0.05, 0.1) is 0 Å². The minimum absolute atomic E-state index is 0.0459. The van der Waals surface area contributed by atoms with Gasteiger partial charge >= 0.3 is 0 Å². The molecule has 3 heteroatoms. The first kappa shape index (κ1) is 13.2. The number of hydrogen-bond donors (Lipinski definition) is 1. The molecule has 0 aromatic carbocycles. The zero-order chi connectivity index (χ0) is 11.8. The Morgan fingerprint density at radius 1 is 1.19 bits per heavy atom. The largest absolute Gasteiger partial charge is 0.273 e. The van der Waals surface area contributed by atoms with E-state index in [1.165, 1.54) is 37.8 Å². The van der Waals surface area contributed by atoms with Gasteiger partial charge in [-0.3, -0.25) is 4.79 Å². The molecule has 0 aliphatic heterocycles. The summed E-state index contributed by atoms with van der Waals surface area (Å²) in [6, 6.07) is 0. The van der Waals surface area contributed by atoms with Gasteiger partial charge in [-0.1, -0.05) is 33.1 Å². The van der Waals surface area contributed by atoms with Crippen LogP contribution < -0.4 is 5.43 Å². The molecule has 0 radical (unpaired) electrons. The van der Waals surface area contributed by atoms with Gasteiger partial charge in [0.2, 0.25) is 5.91 Å². The van der Waals surface area contributed by atoms with E-state index in [1.54, 1.807) is 0 Å². The smallest absolute Gasteiger partial charge is 0.240 e. The van der Waals surface area contributed by atoms with Gasteiger partial charge in [-0.2, -0.15) is 5.10 Å². The Kier molecular flexibility index (Phi) is 6.12. The molecule has 16 heavy (non-hydrogen) atoms. The van der Waals surface area contributed by atoms with Crippen molar-refractivity contribution in [2.75, 3.05) is 0 Å². The number of carbonyl (C=O) groups is 1. The molecule has 1 rings (SSSR count). The van der Waals surface area contributed by atoms with E-state index in [0.717, 1.165) is 12.8 Å². The van der Waals surface area contributed by atoms with E-state index >= 15 is 0 Å². The molecule has 0 aromatic rings. The molecule has 0 heterocycles. The van der Waals surface area contributed by atoms with Crippen LogP contribution in [0, 0.1) is 5.92 Å². The highest BCUT2D eigenvalue weighted by Crippen LogP contribution is 2.14. The van der Waals surface area contributed by atoms with E-state index in [-0.39, 0.29) is 5.91 Å². The van der Waals surface area contributed by atoms with Gasteiger partial charge in [-0.05, 0) is 31.6 Å². The second-order valence-electron chi connectivity index (χ2n) is 5.08. The normalized spacial score (nSPS) is 17.8. The fourth-order valence-corrected chi connectivity index (χ4v) is 1.98. The van der Waals surface area contributed by atoms with E-state index < -0.39 is 0 Å². The average Bonchev–Trinajstić information content (AvgIpc) is 2.14. The Morgan fingerprint density at radius 2 is 1.75 bits per heavy atom. The fourth-order valence-electron chi connectivity index (χ4n) is 1.98. The second kappa shape index (κ2) is 7.42. The third-order valence-corrected chi connectivity index (χ3v) is 2.86. The Morgan fingerprint density at radius 3 is 2.31 bits per heavy atom. The lowest BCUT2D eigenvalue weighted by Gasteiger charge is -2.11. The SMILES string of the molecule is CC(C)CC(=O)NN=C1CCCCCCC1. The maximum Gasteiger partial charge on any atom is 0.240 e. The van der Waals surface area contributed by atoms with Crippen LogP contribution in [0.3, 0.4) is 0 Å². The molecule has 0 unspecified atom stereocenters. The minimum Gasteiger partial charge on any atom is -0.273 e. The highest BCUT2D eigenvalue weighted by molar-refractivity contribution is 5.86. The summed E-state index contributed by atoms with van der Waals surface area (Å²) in [6.45, 7) is 4.09. The van der Waals surface area contributed by atoms with Crippen LogP contribution in [-0.2, 0) is 4.79 Å². The molecule has 0 atom stereocenters. The molecular weight excluding hydrogens is 200 g/mol. The van der Waals surface area contributed by atoms with Gasteiger partial charge in [0.1, 0.15) is 0 Å². The summed E-state index contributed by atoms with van der Waals surface area (Å²) in [4.78, 5) is 11.4. The molecule has 1 saturated carbocycles. The van der Waals surface area contributed by atoms with Crippen LogP contribution in [0.1, 0.15) is 65.2 Å². The summed E-state index contributed by atoms with van der Waals surface area (Å²) in [7, 11) is 0. The van der Waals surface area contributed by atoms with E-state index in [2.05, 4.69) is 10.5 Å². The number of rotatable bonds is 3. The molecule has 0 spiro atoms. The van der Waals surface area contributed by atoms with Crippen LogP contribution in [-0.4, -0.2) is 11.6 Å². The van der Waals surface area contributed by atoms with Crippen molar-refractivity contribution in [1.29, 1.82) is 0 Å². The monoisotopic (exact) mass is 224 g/mol. The summed E-state index contributed by atoms with van der Waals surface area (Å²) < 4.78 is 0. The Bertz CT molecular complexity index is 236. The first-order valence-corrected chi connectivity index (χ1v) is 6.52. The summed E-state index contributed by atoms with van der Waals surface area (Å²) in [5.41, 5.74) is 3.86.